The van der Waals surface area contributed by atoms with Gasteiger partial charge in [0.1, 0.15) is 6.29 Å². The zero-order chi connectivity index (χ0) is 14.5. The largest absolute Gasteiger partial charge is 0.412 e. The minimum absolute atomic E-state index is 0.00174. The van der Waals surface area contributed by atoms with E-state index in [0.29, 0.717) is 16.6 Å². The van der Waals surface area contributed by atoms with Crippen molar-refractivity contribution in [1.29, 1.82) is 0 Å². The summed E-state index contributed by atoms with van der Waals surface area (Å²) in [4.78, 5) is 11.0. The van der Waals surface area contributed by atoms with Crippen LogP contribution in [0.3, 0.4) is 0 Å². The Morgan fingerprint density at radius 2 is 1.33 bits per heavy atom. The minimum atomic E-state index is -1.85. The minimum Gasteiger partial charge on any atom is -0.412 e. The first kappa shape index (κ1) is 17.8. The fraction of sp³-hybridized carbons (Fsp3) is 0.933. The van der Waals surface area contributed by atoms with Crippen molar-refractivity contribution in [2.24, 2.45) is 5.92 Å². The Kier molecular flexibility index (Phi) is 7.38. The smallest absolute Gasteiger partial charge is 0.200 e. The van der Waals surface area contributed by atoms with Gasteiger partial charge in [-0.2, -0.15) is 0 Å². The molecule has 0 saturated carbocycles. The van der Waals surface area contributed by atoms with Crippen molar-refractivity contribution in [1.82, 2.24) is 0 Å². The number of aldehydes is 1. The SMILES string of the molecule is CC[C@@H](O[Si](C(C)C)(C(C)C)C(C)C)[C@H](C)C=O. The fourth-order valence-electron chi connectivity index (χ4n) is 3.32. The number of carbonyl (C=O) groups excluding carboxylic acids is 1. The van der Waals surface area contributed by atoms with Gasteiger partial charge in [-0.25, -0.2) is 0 Å². The maximum absolute atomic E-state index is 11.0. The predicted octanol–water partition coefficient (Wildman–Crippen LogP) is 4.79. The third-order valence-corrected chi connectivity index (χ3v) is 10.4. The first-order chi connectivity index (χ1) is 8.23. The number of hydrogen-bond donors (Lipinski definition) is 0. The van der Waals surface area contributed by atoms with E-state index in [0.717, 1.165) is 12.7 Å². The second kappa shape index (κ2) is 7.44. The van der Waals surface area contributed by atoms with Crippen molar-refractivity contribution in [2.45, 2.75) is 84.5 Å². The van der Waals surface area contributed by atoms with Gasteiger partial charge in [0.05, 0.1) is 6.10 Å². The zero-order valence-corrected chi connectivity index (χ0v) is 14.5. The van der Waals surface area contributed by atoms with Crippen LogP contribution in [0.1, 0.15) is 61.8 Å². The molecule has 0 N–H and O–H groups in total. The number of rotatable bonds is 8. The summed E-state index contributed by atoms with van der Waals surface area (Å²) in [5.41, 5.74) is 1.72. The summed E-state index contributed by atoms with van der Waals surface area (Å²) in [5.74, 6) is -0.00174. The maximum atomic E-state index is 11.0. The van der Waals surface area contributed by atoms with Crippen molar-refractivity contribution in [3.05, 3.63) is 0 Å². The monoisotopic (exact) mass is 272 g/mol. The van der Waals surface area contributed by atoms with Crippen LogP contribution in [0.5, 0.6) is 0 Å². The lowest BCUT2D eigenvalue weighted by atomic mass is 10.1. The standard InChI is InChI=1S/C15H32O2Si/c1-9-15(14(8)10-16)17-18(11(2)3,12(4)5)13(6)7/h10-15H,9H2,1-8H3/t14-,15-/m1/s1. The van der Waals surface area contributed by atoms with E-state index in [1.807, 2.05) is 6.92 Å². The molecule has 2 nitrogen and oxygen atoms in total. The summed E-state index contributed by atoms with van der Waals surface area (Å²) in [6.07, 6.45) is 2.04. The summed E-state index contributed by atoms with van der Waals surface area (Å²) < 4.78 is 6.63. The van der Waals surface area contributed by atoms with Gasteiger partial charge in [-0.3, -0.25) is 0 Å². The van der Waals surface area contributed by atoms with Crippen molar-refractivity contribution >= 4 is 14.6 Å². The van der Waals surface area contributed by atoms with Crippen molar-refractivity contribution in [3.63, 3.8) is 0 Å². The van der Waals surface area contributed by atoms with E-state index < -0.39 is 8.32 Å². The molecule has 0 rings (SSSR count). The van der Waals surface area contributed by atoms with E-state index in [-0.39, 0.29) is 12.0 Å². The molecule has 3 heteroatoms. The normalized spacial score (nSPS) is 16.4. The highest BCUT2D eigenvalue weighted by molar-refractivity contribution is 6.77. The fourth-order valence-corrected chi connectivity index (χ4v) is 9.04. The highest BCUT2D eigenvalue weighted by atomic mass is 28.4. The van der Waals surface area contributed by atoms with Crippen LogP contribution in [-0.2, 0) is 9.22 Å². The lowest BCUT2D eigenvalue weighted by Crippen LogP contribution is -2.51. The molecule has 0 aromatic rings. The van der Waals surface area contributed by atoms with Crippen LogP contribution in [0, 0.1) is 5.92 Å². The molecular formula is C15H32O2Si. The Bertz CT molecular complexity index is 227. The van der Waals surface area contributed by atoms with Gasteiger partial charge in [-0.1, -0.05) is 55.4 Å². The first-order valence-corrected chi connectivity index (χ1v) is 9.51. The Labute approximate surface area is 115 Å². The number of carbonyl (C=O) groups is 1. The molecule has 2 atom stereocenters. The molecule has 0 aromatic heterocycles. The molecule has 18 heavy (non-hydrogen) atoms. The van der Waals surface area contributed by atoms with Gasteiger partial charge in [0.25, 0.3) is 0 Å². The van der Waals surface area contributed by atoms with Crippen LogP contribution in [0.4, 0.5) is 0 Å². The Morgan fingerprint density at radius 1 is 0.944 bits per heavy atom. The average molecular weight is 273 g/mol. The Morgan fingerprint density at radius 3 is 1.56 bits per heavy atom. The molecular weight excluding hydrogens is 240 g/mol. The molecule has 0 radical (unpaired) electrons. The summed E-state index contributed by atoms with van der Waals surface area (Å²) in [5, 5.41) is 0. The quantitative estimate of drug-likeness (QED) is 0.469. The molecule has 0 aromatic carbocycles. The van der Waals surface area contributed by atoms with Crippen LogP contribution in [0.25, 0.3) is 0 Å². The molecule has 0 aliphatic rings. The molecule has 0 heterocycles. The lowest BCUT2D eigenvalue weighted by molar-refractivity contribution is -0.113. The molecule has 0 amide bonds. The lowest BCUT2D eigenvalue weighted by Gasteiger charge is -2.45. The van der Waals surface area contributed by atoms with Crippen molar-refractivity contribution in [2.75, 3.05) is 0 Å². The van der Waals surface area contributed by atoms with E-state index in [9.17, 15) is 4.79 Å². The second-order valence-electron chi connectivity index (χ2n) is 6.38. The zero-order valence-electron chi connectivity index (χ0n) is 13.5. The highest BCUT2D eigenvalue weighted by Gasteiger charge is 2.46. The number of hydrogen-bond acceptors (Lipinski definition) is 2. The summed E-state index contributed by atoms with van der Waals surface area (Å²) >= 11 is 0. The van der Waals surface area contributed by atoms with Crippen LogP contribution in [-0.4, -0.2) is 20.7 Å². The van der Waals surface area contributed by atoms with Crippen molar-refractivity contribution < 1.29 is 9.22 Å². The van der Waals surface area contributed by atoms with Gasteiger partial charge in [-0.15, -0.1) is 0 Å². The Hall–Kier alpha value is -0.153. The second-order valence-corrected chi connectivity index (χ2v) is 11.8. The molecule has 0 fully saturated rings. The highest BCUT2D eigenvalue weighted by Crippen LogP contribution is 2.43. The average Bonchev–Trinajstić information content (AvgIpc) is 2.28. The van der Waals surface area contributed by atoms with Gasteiger partial charge < -0.3 is 9.22 Å². The topological polar surface area (TPSA) is 26.3 Å². The molecule has 0 aliphatic carbocycles. The van der Waals surface area contributed by atoms with E-state index in [1.165, 1.54) is 0 Å². The molecule has 0 aliphatic heterocycles. The summed E-state index contributed by atoms with van der Waals surface area (Å²) in [6.45, 7) is 17.8. The maximum Gasteiger partial charge on any atom is 0.200 e. The van der Waals surface area contributed by atoms with E-state index in [2.05, 4.69) is 48.5 Å². The summed E-state index contributed by atoms with van der Waals surface area (Å²) in [7, 11) is -1.85. The van der Waals surface area contributed by atoms with Crippen LogP contribution >= 0.6 is 0 Å². The van der Waals surface area contributed by atoms with Crippen LogP contribution < -0.4 is 0 Å². The molecule has 0 unspecified atom stereocenters. The van der Waals surface area contributed by atoms with E-state index in [1.54, 1.807) is 0 Å². The van der Waals surface area contributed by atoms with Gasteiger partial charge in [0.15, 0.2) is 0 Å². The first-order valence-electron chi connectivity index (χ1n) is 7.37. The van der Waals surface area contributed by atoms with E-state index >= 15 is 0 Å². The molecule has 0 spiro atoms. The van der Waals surface area contributed by atoms with Gasteiger partial charge in [0, 0.05) is 5.92 Å². The van der Waals surface area contributed by atoms with Gasteiger partial charge in [0.2, 0.25) is 8.32 Å². The summed E-state index contributed by atoms with van der Waals surface area (Å²) in [6, 6.07) is 0. The van der Waals surface area contributed by atoms with E-state index in [4.69, 9.17) is 4.43 Å². The predicted molar refractivity (Wildman–Crippen MR) is 81.4 cm³/mol. The molecule has 0 bridgehead atoms. The van der Waals surface area contributed by atoms with Gasteiger partial charge in [-0.05, 0) is 23.0 Å². The van der Waals surface area contributed by atoms with Crippen LogP contribution in [0.2, 0.25) is 16.6 Å². The van der Waals surface area contributed by atoms with Gasteiger partial charge >= 0.3 is 0 Å². The third-order valence-electron chi connectivity index (χ3n) is 4.27. The van der Waals surface area contributed by atoms with Crippen LogP contribution in [0.15, 0.2) is 0 Å². The van der Waals surface area contributed by atoms with Crippen molar-refractivity contribution in [3.8, 4) is 0 Å². The molecule has 0 saturated heterocycles. The molecule has 108 valence electrons. The third kappa shape index (κ3) is 3.67. The Balaban J connectivity index is 5.26.